The van der Waals surface area contributed by atoms with Crippen LogP contribution in [0.1, 0.15) is 24.8 Å². The van der Waals surface area contributed by atoms with Gasteiger partial charge in [-0.2, -0.15) is 0 Å². The average Bonchev–Trinajstić information content (AvgIpc) is 2.90. The van der Waals surface area contributed by atoms with E-state index < -0.39 is 5.97 Å². The van der Waals surface area contributed by atoms with Gasteiger partial charge in [-0.25, -0.2) is 4.79 Å². The van der Waals surface area contributed by atoms with Crippen molar-refractivity contribution in [2.24, 2.45) is 5.92 Å². The summed E-state index contributed by atoms with van der Waals surface area (Å²) in [5.41, 5.74) is 1.03. The molecule has 6 heteroatoms. The summed E-state index contributed by atoms with van der Waals surface area (Å²) in [6, 6.07) is 7.56. The van der Waals surface area contributed by atoms with E-state index in [1.807, 2.05) is 24.3 Å². The van der Waals surface area contributed by atoms with E-state index in [0.717, 1.165) is 16.5 Å². The highest BCUT2D eigenvalue weighted by molar-refractivity contribution is 9.10. The lowest BCUT2D eigenvalue weighted by atomic mass is 10.1. The van der Waals surface area contributed by atoms with Gasteiger partial charge >= 0.3 is 12.0 Å². The molecule has 0 heterocycles. The molecule has 2 N–H and O–H groups in total. The fourth-order valence-electron chi connectivity index (χ4n) is 2.58. The van der Waals surface area contributed by atoms with Crippen LogP contribution in [0.3, 0.4) is 0 Å². The maximum Gasteiger partial charge on any atom is 0.317 e. The molecule has 1 aromatic carbocycles. The van der Waals surface area contributed by atoms with Crippen LogP contribution in [0.25, 0.3) is 0 Å². The molecule has 0 saturated heterocycles. The lowest BCUT2D eigenvalue weighted by molar-refractivity contribution is -0.141. The third-order valence-electron chi connectivity index (χ3n) is 3.82. The van der Waals surface area contributed by atoms with E-state index >= 15 is 0 Å². The summed E-state index contributed by atoms with van der Waals surface area (Å²) in [5.74, 6) is -1.10. The summed E-state index contributed by atoms with van der Waals surface area (Å²) in [6.07, 6.45) is 1.88. The molecule has 0 radical (unpaired) electrons. The third kappa shape index (κ3) is 4.20. The number of carboxylic acid groups (broad SMARTS) is 1. The first-order valence-corrected chi connectivity index (χ1v) is 7.74. The number of rotatable bonds is 4. The topological polar surface area (TPSA) is 69.6 Å². The van der Waals surface area contributed by atoms with Gasteiger partial charge in [-0.3, -0.25) is 4.79 Å². The van der Waals surface area contributed by atoms with Crippen molar-refractivity contribution in [3.05, 3.63) is 34.3 Å². The summed E-state index contributed by atoms with van der Waals surface area (Å²) in [4.78, 5) is 24.7. The number of carbonyl (C=O) groups is 2. The van der Waals surface area contributed by atoms with E-state index in [1.54, 1.807) is 11.9 Å². The van der Waals surface area contributed by atoms with Crippen LogP contribution < -0.4 is 5.32 Å². The maximum atomic E-state index is 12.1. The number of carbonyl (C=O) groups excluding carboxylic acids is 1. The molecule has 0 aliphatic heterocycles. The molecular weight excluding hydrogens is 336 g/mol. The van der Waals surface area contributed by atoms with E-state index in [9.17, 15) is 9.59 Å². The van der Waals surface area contributed by atoms with Gasteiger partial charge in [-0.1, -0.05) is 34.1 Å². The molecular formula is C15H19BrN2O3. The molecule has 0 bridgehead atoms. The van der Waals surface area contributed by atoms with Gasteiger partial charge < -0.3 is 15.3 Å². The van der Waals surface area contributed by atoms with Crippen LogP contribution in [0.2, 0.25) is 0 Å². The Hall–Kier alpha value is -1.56. The molecule has 2 rings (SSSR count). The summed E-state index contributed by atoms with van der Waals surface area (Å²) in [7, 11) is 1.73. The normalized spacial score (nSPS) is 21.0. The molecule has 2 atom stereocenters. The molecule has 21 heavy (non-hydrogen) atoms. The van der Waals surface area contributed by atoms with Crippen LogP contribution in [-0.4, -0.2) is 35.1 Å². The highest BCUT2D eigenvalue weighted by atomic mass is 79.9. The summed E-state index contributed by atoms with van der Waals surface area (Å²) >= 11 is 3.46. The molecule has 0 aromatic heterocycles. The number of nitrogens with zero attached hydrogens (tertiary/aromatic N) is 1. The first-order chi connectivity index (χ1) is 9.97. The van der Waals surface area contributed by atoms with Crippen molar-refractivity contribution in [3.63, 3.8) is 0 Å². The largest absolute Gasteiger partial charge is 0.481 e. The Morgan fingerprint density at radius 3 is 2.71 bits per heavy atom. The predicted octanol–water partition coefficient (Wildman–Crippen LogP) is 2.84. The minimum absolute atomic E-state index is 0.0414. The van der Waals surface area contributed by atoms with Gasteiger partial charge in [0.2, 0.25) is 0 Å². The monoisotopic (exact) mass is 354 g/mol. The number of urea groups is 1. The summed E-state index contributed by atoms with van der Waals surface area (Å²) in [6.45, 7) is 0.502. The Balaban J connectivity index is 1.86. The van der Waals surface area contributed by atoms with Crippen LogP contribution >= 0.6 is 15.9 Å². The lowest BCUT2D eigenvalue weighted by Gasteiger charge is -2.21. The number of amides is 2. The van der Waals surface area contributed by atoms with Gasteiger partial charge in [-0.15, -0.1) is 0 Å². The molecule has 1 fully saturated rings. The quantitative estimate of drug-likeness (QED) is 0.873. The van der Waals surface area contributed by atoms with Gasteiger partial charge in [0.25, 0.3) is 0 Å². The molecule has 1 aliphatic rings. The van der Waals surface area contributed by atoms with Crippen LogP contribution in [-0.2, 0) is 11.3 Å². The van der Waals surface area contributed by atoms with Gasteiger partial charge in [0.15, 0.2) is 0 Å². The average molecular weight is 355 g/mol. The third-order valence-corrected chi connectivity index (χ3v) is 4.60. The van der Waals surface area contributed by atoms with Crippen LogP contribution in [0.5, 0.6) is 0 Å². The maximum absolute atomic E-state index is 12.1. The zero-order valence-electron chi connectivity index (χ0n) is 11.9. The Kier molecular flexibility index (Phi) is 5.22. The van der Waals surface area contributed by atoms with Crippen LogP contribution in [0.15, 0.2) is 28.7 Å². The molecule has 1 aromatic rings. The number of nitrogens with one attached hydrogen (secondary N) is 1. The Morgan fingerprint density at radius 1 is 1.38 bits per heavy atom. The zero-order valence-corrected chi connectivity index (χ0v) is 13.5. The number of hydrogen-bond donors (Lipinski definition) is 2. The van der Waals surface area contributed by atoms with Crippen molar-refractivity contribution in [1.82, 2.24) is 10.2 Å². The van der Waals surface area contributed by atoms with Crippen molar-refractivity contribution in [3.8, 4) is 0 Å². The first kappa shape index (κ1) is 15.8. The molecule has 5 nitrogen and oxygen atoms in total. The number of halogens is 1. The van der Waals surface area contributed by atoms with Crippen molar-refractivity contribution >= 4 is 27.9 Å². The van der Waals surface area contributed by atoms with E-state index in [2.05, 4.69) is 21.2 Å². The highest BCUT2D eigenvalue weighted by Crippen LogP contribution is 2.26. The van der Waals surface area contributed by atoms with Crippen molar-refractivity contribution in [1.29, 1.82) is 0 Å². The van der Waals surface area contributed by atoms with Crippen molar-refractivity contribution < 1.29 is 14.7 Å². The van der Waals surface area contributed by atoms with Crippen LogP contribution in [0.4, 0.5) is 4.79 Å². The van der Waals surface area contributed by atoms with Gasteiger partial charge in [0, 0.05) is 24.1 Å². The highest BCUT2D eigenvalue weighted by Gasteiger charge is 2.31. The van der Waals surface area contributed by atoms with E-state index in [0.29, 0.717) is 19.4 Å². The number of carboxylic acids is 1. The number of benzene rings is 1. The minimum atomic E-state index is -0.770. The number of hydrogen-bond acceptors (Lipinski definition) is 2. The van der Waals surface area contributed by atoms with Gasteiger partial charge in [0.1, 0.15) is 0 Å². The van der Waals surface area contributed by atoms with E-state index in [4.69, 9.17) is 5.11 Å². The second kappa shape index (κ2) is 6.93. The zero-order chi connectivity index (χ0) is 15.4. The number of aliphatic carboxylic acids is 1. The Bertz CT molecular complexity index is 535. The standard InChI is InChI=1S/C15H19BrN2O3/c1-18(9-11-4-2-3-5-13(11)16)15(21)17-12-7-6-10(8-12)14(19)20/h2-5,10,12H,6-9H2,1H3,(H,17,21)(H,19,20). The molecule has 2 amide bonds. The van der Waals surface area contributed by atoms with Gasteiger partial charge in [-0.05, 0) is 30.9 Å². The van der Waals surface area contributed by atoms with Crippen molar-refractivity contribution in [2.45, 2.75) is 31.8 Å². The van der Waals surface area contributed by atoms with Gasteiger partial charge in [0.05, 0.1) is 5.92 Å². The molecule has 1 saturated carbocycles. The Morgan fingerprint density at radius 2 is 2.10 bits per heavy atom. The summed E-state index contributed by atoms with van der Waals surface area (Å²) in [5, 5.41) is 11.9. The smallest absolute Gasteiger partial charge is 0.317 e. The minimum Gasteiger partial charge on any atom is -0.481 e. The van der Waals surface area contributed by atoms with Crippen molar-refractivity contribution in [2.75, 3.05) is 7.05 Å². The van der Waals surface area contributed by atoms with Crippen LogP contribution in [0, 0.1) is 5.92 Å². The van der Waals surface area contributed by atoms with E-state index in [1.165, 1.54) is 0 Å². The second-order valence-corrected chi connectivity index (χ2v) is 6.30. The SMILES string of the molecule is CN(Cc1ccccc1Br)C(=O)NC1CCC(C(=O)O)C1. The second-order valence-electron chi connectivity index (χ2n) is 5.44. The fourth-order valence-corrected chi connectivity index (χ4v) is 2.99. The van der Waals surface area contributed by atoms with E-state index in [-0.39, 0.29) is 18.0 Å². The lowest BCUT2D eigenvalue weighted by Crippen LogP contribution is -2.42. The molecule has 2 unspecified atom stereocenters. The fraction of sp³-hybridized carbons (Fsp3) is 0.467. The Labute approximate surface area is 132 Å². The first-order valence-electron chi connectivity index (χ1n) is 6.95. The molecule has 114 valence electrons. The summed E-state index contributed by atoms with van der Waals surface area (Å²) < 4.78 is 0.969. The molecule has 0 spiro atoms. The molecule has 1 aliphatic carbocycles. The predicted molar refractivity (Wildman–Crippen MR) is 82.9 cm³/mol.